The van der Waals surface area contributed by atoms with Crippen LogP contribution in [0.15, 0.2) is 24.3 Å². The van der Waals surface area contributed by atoms with Crippen LogP contribution in [0.4, 0.5) is 0 Å². The Bertz CT molecular complexity index is 670. The van der Waals surface area contributed by atoms with E-state index in [-0.39, 0.29) is 11.9 Å². The average molecular weight is 319 g/mol. The van der Waals surface area contributed by atoms with Crippen LogP contribution in [-0.4, -0.2) is 32.5 Å². The van der Waals surface area contributed by atoms with Gasteiger partial charge in [0.15, 0.2) is 5.82 Å². The van der Waals surface area contributed by atoms with Crippen LogP contribution >= 0.6 is 11.6 Å². The number of benzene rings is 1. The van der Waals surface area contributed by atoms with Crippen molar-refractivity contribution in [1.29, 1.82) is 0 Å². The molecule has 6 heteroatoms. The maximum atomic E-state index is 12.7. The Morgan fingerprint density at radius 1 is 1.41 bits per heavy atom. The lowest BCUT2D eigenvalue weighted by atomic mass is 10.00. The predicted molar refractivity (Wildman–Crippen MR) is 84.6 cm³/mol. The van der Waals surface area contributed by atoms with E-state index in [4.69, 9.17) is 11.6 Å². The third-order valence-corrected chi connectivity index (χ3v) is 4.40. The van der Waals surface area contributed by atoms with E-state index in [0.29, 0.717) is 17.3 Å². The van der Waals surface area contributed by atoms with E-state index in [9.17, 15) is 4.79 Å². The molecule has 1 fully saturated rings. The summed E-state index contributed by atoms with van der Waals surface area (Å²) in [7, 11) is 0. The van der Waals surface area contributed by atoms with E-state index in [0.717, 1.165) is 37.2 Å². The first-order chi connectivity index (χ1) is 10.6. The van der Waals surface area contributed by atoms with Crippen molar-refractivity contribution < 1.29 is 4.79 Å². The number of hydrogen-bond acceptors (Lipinski definition) is 3. The molecule has 0 spiro atoms. The highest BCUT2D eigenvalue weighted by molar-refractivity contribution is 6.31. The number of likely N-dealkylation sites (tertiary alicyclic amines) is 1. The van der Waals surface area contributed by atoms with Crippen molar-refractivity contribution in [1.82, 2.24) is 20.1 Å². The average Bonchev–Trinajstić information content (AvgIpc) is 2.96. The zero-order valence-corrected chi connectivity index (χ0v) is 13.3. The molecule has 1 N–H and O–H groups in total. The maximum Gasteiger partial charge on any atom is 0.227 e. The van der Waals surface area contributed by atoms with Crippen LogP contribution in [-0.2, 0) is 11.2 Å². The zero-order valence-electron chi connectivity index (χ0n) is 12.6. The van der Waals surface area contributed by atoms with Crippen molar-refractivity contribution in [3.63, 3.8) is 0 Å². The summed E-state index contributed by atoms with van der Waals surface area (Å²) >= 11 is 6.16. The Morgan fingerprint density at radius 2 is 2.23 bits per heavy atom. The minimum atomic E-state index is -0.0336. The molecule has 3 rings (SSSR count). The summed E-state index contributed by atoms with van der Waals surface area (Å²) in [5, 5.41) is 7.74. The Kier molecular flexibility index (Phi) is 4.43. The molecular weight excluding hydrogens is 300 g/mol. The molecule has 5 nitrogen and oxygen atoms in total. The van der Waals surface area contributed by atoms with Crippen LogP contribution in [0.25, 0.3) is 0 Å². The molecule has 1 atom stereocenters. The fourth-order valence-corrected chi connectivity index (χ4v) is 3.12. The monoisotopic (exact) mass is 318 g/mol. The molecule has 1 unspecified atom stereocenters. The van der Waals surface area contributed by atoms with E-state index in [1.54, 1.807) is 0 Å². The first kappa shape index (κ1) is 15.0. The van der Waals surface area contributed by atoms with Crippen molar-refractivity contribution in [2.24, 2.45) is 0 Å². The highest BCUT2D eigenvalue weighted by Crippen LogP contribution is 2.29. The molecule has 22 heavy (non-hydrogen) atoms. The molecule has 1 aromatic carbocycles. The molecule has 0 bridgehead atoms. The van der Waals surface area contributed by atoms with Gasteiger partial charge in [-0.1, -0.05) is 29.8 Å². The van der Waals surface area contributed by atoms with Gasteiger partial charge in [0.25, 0.3) is 0 Å². The van der Waals surface area contributed by atoms with Crippen LogP contribution in [0.1, 0.15) is 42.5 Å². The van der Waals surface area contributed by atoms with Crippen molar-refractivity contribution >= 4 is 17.5 Å². The number of aromatic nitrogens is 3. The van der Waals surface area contributed by atoms with Gasteiger partial charge < -0.3 is 4.90 Å². The van der Waals surface area contributed by atoms with E-state index < -0.39 is 0 Å². The lowest BCUT2D eigenvalue weighted by Crippen LogP contribution is -2.39. The second-order valence-electron chi connectivity index (χ2n) is 5.65. The Morgan fingerprint density at radius 3 is 2.95 bits per heavy atom. The van der Waals surface area contributed by atoms with E-state index >= 15 is 0 Å². The molecule has 1 aromatic heterocycles. The summed E-state index contributed by atoms with van der Waals surface area (Å²) in [6.45, 7) is 2.62. The molecular formula is C16H19ClN4O. The standard InChI is InChI=1S/C16H19ClN4O/c1-11-18-16(20-19-11)14-8-4-5-9-21(14)15(22)10-12-6-2-3-7-13(12)17/h2-3,6-7,14H,4-5,8-10H2,1H3,(H,18,19,20). The molecule has 0 saturated carbocycles. The second kappa shape index (κ2) is 6.48. The van der Waals surface area contributed by atoms with E-state index in [2.05, 4.69) is 15.2 Å². The molecule has 2 heterocycles. The lowest BCUT2D eigenvalue weighted by molar-refractivity contribution is -0.134. The number of piperidine rings is 1. The van der Waals surface area contributed by atoms with Crippen LogP contribution in [0, 0.1) is 6.92 Å². The fraction of sp³-hybridized carbons (Fsp3) is 0.438. The number of halogens is 1. The van der Waals surface area contributed by atoms with Gasteiger partial charge in [-0.15, -0.1) is 0 Å². The summed E-state index contributed by atoms with van der Waals surface area (Å²) in [5.41, 5.74) is 0.865. The number of carbonyl (C=O) groups excluding carboxylic acids is 1. The number of carbonyl (C=O) groups is 1. The van der Waals surface area contributed by atoms with Gasteiger partial charge in [-0.05, 0) is 37.8 Å². The maximum absolute atomic E-state index is 12.7. The quantitative estimate of drug-likeness (QED) is 0.946. The first-order valence-electron chi connectivity index (χ1n) is 7.57. The van der Waals surface area contributed by atoms with Gasteiger partial charge in [0.1, 0.15) is 5.82 Å². The van der Waals surface area contributed by atoms with Gasteiger partial charge in [0, 0.05) is 11.6 Å². The van der Waals surface area contributed by atoms with Gasteiger partial charge in [-0.25, -0.2) is 4.98 Å². The van der Waals surface area contributed by atoms with Crippen LogP contribution < -0.4 is 0 Å². The van der Waals surface area contributed by atoms with Crippen LogP contribution in [0.2, 0.25) is 5.02 Å². The summed E-state index contributed by atoms with van der Waals surface area (Å²) < 4.78 is 0. The molecule has 1 aliphatic heterocycles. The van der Waals surface area contributed by atoms with Crippen molar-refractivity contribution in [2.45, 2.75) is 38.6 Å². The minimum absolute atomic E-state index is 0.0336. The molecule has 2 aromatic rings. The zero-order chi connectivity index (χ0) is 15.5. The molecule has 0 radical (unpaired) electrons. The van der Waals surface area contributed by atoms with Crippen LogP contribution in [0.5, 0.6) is 0 Å². The van der Waals surface area contributed by atoms with Gasteiger partial charge in [-0.3, -0.25) is 9.89 Å². The van der Waals surface area contributed by atoms with Crippen LogP contribution in [0.3, 0.4) is 0 Å². The summed E-state index contributed by atoms with van der Waals surface area (Å²) in [6, 6.07) is 7.46. The normalized spacial score (nSPS) is 18.5. The third-order valence-electron chi connectivity index (χ3n) is 4.04. The Balaban J connectivity index is 1.78. The summed E-state index contributed by atoms with van der Waals surface area (Å²) in [5.74, 6) is 1.57. The summed E-state index contributed by atoms with van der Waals surface area (Å²) in [4.78, 5) is 19.0. The van der Waals surface area contributed by atoms with Gasteiger partial charge in [0.05, 0.1) is 12.5 Å². The molecule has 1 aliphatic rings. The van der Waals surface area contributed by atoms with Gasteiger partial charge >= 0.3 is 0 Å². The predicted octanol–water partition coefficient (Wildman–Crippen LogP) is 3.06. The Hall–Kier alpha value is -1.88. The van der Waals surface area contributed by atoms with Crippen molar-refractivity contribution in [2.75, 3.05) is 6.54 Å². The highest BCUT2D eigenvalue weighted by atomic mass is 35.5. The minimum Gasteiger partial charge on any atom is -0.332 e. The van der Waals surface area contributed by atoms with E-state index in [1.807, 2.05) is 36.1 Å². The topological polar surface area (TPSA) is 61.9 Å². The lowest BCUT2D eigenvalue weighted by Gasteiger charge is -2.34. The number of nitrogens with zero attached hydrogens (tertiary/aromatic N) is 3. The van der Waals surface area contributed by atoms with Gasteiger partial charge in [0.2, 0.25) is 5.91 Å². The number of nitrogens with one attached hydrogen (secondary N) is 1. The fourth-order valence-electron chi connectivity index (χ4n) is 2.91. The first-order valence-corrected chi connectivity index (χ1v) is 7.94. The largest absolute Gasteiger partial charge is 0.332 e. The van der Waals surface area contributed by atoms with E-state index in [1.165, 1.54) is 0 Å². The number of aryl methyl sites for hydroxylation is 1. The molecule has 0 aliphatic carbocycles. The number of rotatable bonds is 3. The van der Waals surface area contributed by atoms with Crippen molar-refractivity contribution in [3.8, 4) is 0 Å². The van der Waals surface area contributed by atoms with Gasteiger partial charge in [-0.2, -0.15) is 5.10 Å². The SMILES string of the molecule is Cc1nc(C2CCCCN2C(=O)Cc2ccccc2Cl)n[nH]1. The molecule has 116 valence electrons. The number of amides is 1. The molecule has 1 saturated heterocycles. The number of H-pyrrole nitrogens is 1. The highest BCUT2D eigenvalue weighted by Gasteiger charge is 2.30. The van der Waals surface area contributed by atoms with Crippen molar-refractivity contribution in [3.05, 3.63) is 46.5 Å². The Labute approximate surface area is 134 Å². The second-order valence-corrected chi connectivity index (χ2v) is 6.05. The third kappa shape index (κ3) is 3.14. The number of hydrogen-bond donors (Lipinski definition) is 1. The molecule has 1 amide bonds. The number of aromatic amines is 1. The summed E-state index contributed by atoms with van der Waals surface area (Å²) in [6.07, 6.45) is 3.34. The smallest absolute Gasteiger partial charge is 0.227 e.